The van der Waals surface area contributed by atoms with Crippen molar-refractivity contribution in [2.24, 2.45) is 5.92 Å². The zero-order valence-corrected chi connectivity index (χ0v) is 12.5. The lowest BCUT2D eigenvalue weighted by Crippen LogP contribution is -2.21. The number of Topliss-reactive ketones (excluding diaryl/α,β-unsaturated/α-hetero) is 2. The summed E-state index contributed by atoms with van der Waals surface area (Å²) < 4.78 is 0. The predicted octanol–water partition coefficient (Wildman–Crippen LogP) is 4.27. The molecule has 2 aromatic rings. The summed E-state index contributed by atoms with van der Waals surface area (Å²) in [5.41, 5.74) is 1.75. The van der Waals surface area contributed by atoms with Crippen LogP contribution in [-0.4, -0.2) is 11.6 Å². The lowest BCUT2D eigenvalue weighted by Gasteiger charge is -2.22. The summed E-state index contributed by atoms with van der Waals surface area (Å²) in [6.07, 6.45) is 0.393. The molecule has 2 heteroatoms. The van der Waals surface area contributed by atoms with E-state index in [1.54, 1.807) is 6.92 Å². The van der Waals surface area contributed by atoms with Gasteiger partial charge in [0.25, 0.3) is 0 Å². The molecule has 0 radical (unpaired) electrons. The number of rotatable bonds is 6. The second-order valence-electron chi connectivity index (χ2n) is 5.44. The summed E-state index contributed by atoms with van der Waals surface area (Å²) in [5.74, 6) is -0.0997. The van der Waals surface area contributed by atoms with Crippen molar-refractivity contribution in [1.29, 1.82) is 0 Å². The minimum Gasteiger partial charge on any atom is -0.300 e. The van der Waals surface area contributed by atoms with Gasteiger partial charge in [0.15, 0.2) is 5.78 Å². The molecule has 0 aliphatic rings. The van der Waals surface area contributed by atoms with Crippen molar-refractivity contribution in [3.8, 4) is 0 Å². The zero-order chi connectivity index (χ0) is 15.2. The highest BCUT2D eigenvalue weighted by Gasteiger charge is 2.27. The fourth-order valence-corrected chi connectivity index (χ4v) is 2.64. The normalized spacial score (nSPS) is 13.4. The first-order chi connectivity index (χ1) is 10.1. The smallest absolute Gasteiger partial charge is 0.166 e. The van der Waals surface area contributed by atoms with Gasteiger partial charge in [-0.2, -0.15) is 0 Å². The van der Waals surface area contributed by atoms with Gasteiger partial charge >= 0.3 is 0 Å². The third kappa shape index (κ3) is 3.88. The molecule has 0 saturated carbocycles. The Hall–Kier alpha value is -2.22. The van der Waals surface area contributed by atoms with Gasteiger partial charge in [-0.25, -0.2) is 0 Å². The Balaban J connectivity index is 2.28. The quantitative estimate of drug-likeness (QED) is 0.741. The summed E-state index contributed by atoms with van der Waals surface area (Å²) in [5, 5.41) is 0. The highest BCUT2D eigenvalue weighted by atomic mass is 16.1. The van der Waals surface area contributed by atoms with Crippen LogP contribution in [0.25, 0.3) is 0 Å². The number of hydrogen-bond acceptors (Lipinski definition) is 2. The van der Waals surface area contributed by atoms with Crippen molar-refractivity contribution in [2.75, 3.05) is 0 Å². The highest BCUT2D eigenvalue weighted by Crippen LogP contribution is 2.30. The molecule has 0 amide bonds. The maximum Gasteiger partial charge on any atom is 0.166 e. The van der Waals surface area contributed by atoms with Crippen LogP contribution in [0.3, 0.4) is 0 Å². The van der Waals surface area contributed by atoms with E-state index in [4.69, 9.17) is 0 Å². The summed E-state index contributed by atoms with van der Waals surface area (Å²) in [6.45, 7) is 3.49. The molecule has 0 spiro atoms. The molecule has 2 atom stereocenters. The predicted molar refractivity (Wildman–Crippen MR) is 84.4 cm³/mol. The maximum atomic E-state index is 12.6. The molecule has 0 aliphatic heterocycles. The van der Waals surface area contributed by atoms with E-state index in [0.29, 0.717) is 12.0 Å². The number of carbonyl (C=O) groups excluding carboxylic acids is 2. The summed E-state index contributed by atoms with van der Waals surface area (Å²) in [7, 11) is 0. The van der Waals surface area contributed by atoms with E-state index in [2.05, 4.69) is 0 Å². The molecular weight excluding hydrogens is 260 g/mol. The molecule has 0 unspecified atom stereocenters. The third-order valence-corrected chi connectivity index (χ3v) is 3.81. The fraction of sp³-hybridized carbons (Fsp3) is 0.263. The Bertz CT molecular complexity index is 602. The molecule has 2 rings (SSSR count). The molecule has 21 heavy (non-hydrogen) atoms. The number of hydrogen-bond donors (Lipinski definition) is 0. The van der Waals surface area contributed by atoms with Gasteiger partial charge in [-0.1, -0.05) is 67.6 Å². The SMILES string of the molecule is CC(=O)C[C@@H](c1ccccc1)[C@@H](C)C(=O)c1ccccc1. The Labute approximate surface area is 125 Å². The zero-order valence-electron chi connectivity index (χ0n) is 12.5. The lowest BCUT2D eigenvalue weighted by molar-refractivity contribution is -0.117. The molecule has 0 saturated heterocycles. The van der Waals surface area contributed by atoms with Crippen molar-refractivity contribution in [2.45, 2.75) is 26.2 Å². The van der Waals surface area contributed by atoms with Crippen molar-refractivity contribution >= 4 is 11.6 Å². The van der Waals surface area contributed by atoms with Crippen molar-refractivity contribution in [1.82, 2.24) is 0 Å². The van der Waals surface area contributed by atoms with Crippen LogP contribution in [0, 0.1) is 5.92 Å². The molecule has 108 valence electrons. The Kier molecular flexibility index (Phi) is 5.04. The van der Waals surface area contributed by atoms with Crippen LogP contribution >= 0.6 is 0 Å². The van der Waals surface area contributed by atoms with E-state index in [9.17, 15) is 9.59 Å². The third-order valence-electron chi connectivity index (χ3n) is 3.81. The van der Waals surface area contributed by atoms with Crippen LogP contribution in [0.2, 0.25) is 0 Å². The van der Waals surface area contributed by atoms with E-state index in [1.807, 2.05) is 67.6 Å². The molecule has 0 N–H and O–H groups in total. The topological polar surface area (TPSA) is 34.1 Å². The van der Waals surface area contributed by atoms with Crippen LogP contribution < -0.4 is 0 Å². The highest BCUT2D eigenvalue weighted by molar-refractivity contribution is 5.98. The molecule has 0 heterocycles. The van der Waals surface area contributed by atoms with Gasteiger partial charge in [-0.05, 0) is 12.5 Å². The number of ketones is 2. The molecule has 0 aliphatic carbocycles. The average molecular weight is 280 g/mol. The van der Waals surface area contributed by atoms with Gasteiger partial charge in [-0.15, -0.1) is 0 Å². The molecule has 2 nitrogen and oxygen atoms in total. The monoisotopic (exact) mass is 280 g/mol. The van der Waals surface area contributed by atoms with Crippen molar-refractivity contribution < 1.29 is 9.59 Å². The first-order valence-electron chi connectivity index (χ1n) is 7.23. The summed E-state index contributed by atoms with van der Waals surface area (Å²) in [4.78, 5) is 24.2. The van der Waals surface area contributed by atoms with E-state index < -0.39 is 0 Å². The lowest BCUT2D eigenvalue weighted by atomic mass is 9.80. The summed E-state index contributed by atoms with van der Waals surface area (Å²) in [6, 6.07) is 19.1. The minimum atomic E-state index is -0.223. The maximum absolute atomic E-state index is 12.6. The Morgan fingerprint density at radius 1 is 0.905 bits per heavy atom. The molecular formula is C19H20O2. The van der Waals surface area contributed by atoms with Crippen molar-refractivity contribution in [3.05, 3.63) is 71.8 Å². The number of carbonyl (C=O) groups is 2. The Morgan fingerprint density at radius 3 is 1.95 bits per heavy atom. The van der Waals surface area contributed by atoms with Crippen LogP contribution in [0.5, 0.6) is 0 Å². The van der Waals surface area contributed by atoms with Crippen LogP contribution in [0.15, 0.2) is 60.7 Å². The number of benzene rings is 2. The molecule has 2 aromatic carbocycles. The Morgan fingerprint density at radius 2 is 1.43 bits per heavy atom. The van der Waals surface area contributed by atoms with Gasteiger partial charge in [-0.3, -0.25) is 4.79 Å². The fourth-order valence-electron chi connectivity index (χ4n) is 2.64. The van der Waals surface area contributed by atoms with E-state index >= 15 is 0 Å². The summed E-state index contributed by atoms with van der Waals surface area (Å²) >= 11 is 0. The first-order valence-corrected chi connectivity index (χ1v) is 7.23. The largest absolute Gasteiger partial charge is 0.300 e. The van der Waals surface area contributed by atoms with E-state index in [1.165, 1.54) is 0 Å². The van der Waals surface area contributed by atoms with Gasteiger partial charge in [0.1, 0.15) is 5.78 Å². The molecule has 0 aromatic heterocycles. The van der Waals surface area contributed by atoms with E-state index in [-0.39, 0.29) is 23.4 Å². The van der Waals surface area contributed by atoms with Gasteiger partial charge < -0.3 is 4.79 Å². The van der Waals surface area contributed by atoms with Gasteiger partial charge in [0.2, 0.25) is 0 Å². The molecule has 0 bridgehead atoms. The second kappa shape index (κ2) is 6.98. The van der Waals surface area contributed by atoms with E-state index in [0.717, 1.165) is 5.56 Å². The standard InChI is InChI=1S/C19H20O2/c1-14(20)13-18(16-9-5-3-6-10-16)15(2)19(21)17-11-7-4-8-12-17/h3-12,15,18H,13H2,1-2H3/t15-,18-/m1/s1. The van der Waals surface area contributed by atoms with Gasteiger partial charge in [0, 0.05) is 23.8 Å². The van der Waals surface area contributed by atoms with Gasteiger partial charge in [0.05, 0.1) is 0 Å². The van der Waals surface area contributed by atoms with Crippen LogP contribution in [0.1, 0.15) is 42.1 Å². The second-order valence-corrected chi connectivity index (χ2v) is 5.44. The molecule has 0 fully saturated rings. The van der Waals surface area contributed by atoms with Crippen LogP contribution in [-0.2, 0) is 4.79 Å². The van der Waals surface area contributed by atoms with Crippen LogP contribution in [0.4, 0.5) is 0 Å². The minimum absolute atomic E-state index is 0.0728. The van der Waals surface area contributed by atoms with Crippen molar-refractivity contribution in [3.63, 3.8) is 0 Å². The first kappa shape index (κ1) is 15.2. The average Bonchev–Trinajstić information content (AvgIpc) is 2.53.